The number of H-pyrrole nitrogens is 1. The molecule has 12 nitrogen and oxygen atoms in total. The van der Waals surface area contributed by atoms with E-state index in [0.29, 0.717) is 24.4 Å². The van der Waals surface area contributed by atoms with Gasteiger partial charge in [-0.3, -0.25) is 19.1 Å². The maximum atomic E-state index is 12.5. The molecule has 2 saturated carbocycles. The van der Waals surface area contributed by atoms with Crippen LogP contribution in [0.1, 0.15) is 76.5 Å². The summed E-state index contributed by atoms with van der Waals surface area (Å²) in [7, 11) is 0. The number of hydrogen-bond donors (Lipinski definition) is 3. The molecular formula is C28H39N3O9. The van der Waals surface area contributed by atoms with E-state index in [1.807, 2.05) is 0 Å². The highest BCUT2D eigenvalue weighted by atomic mass is 16.6. The zero-order chi connectivity index (χ0) is 29.4. The number of carbonyl (C=O) groups excluding carboxylic acids is 3. The number of aliphatic hydroxyl groups is 1. The lowest BCUT2D eigenvalue weighted by atomic mass is 10.0. The molecule has 2 heterocycles. The highest BCUT2D eigenvalue weighted by Gasteiger charge is 2.49. The third-order valence-corrected chi connectivity index (χ3v) is 8.02. The van der Waals surface area contributed by atoms with E-state index in [1.165, 1.54) is 62.3 Å². The molecule has 3 fully saturated rings. The van der Waals surface area contributed by atoms with Crippen molar-refractivity contribution >= 4 is 23.9 Å². The van der Waals surface area contributed by atoms with Crippen LogP contribution in [0.25, 0.3) is 6.08 Å². The predicted molar refractivity (Wildman–Crippen MR) is 143 cm³/mol. The molecule has 0 aromatic carbocycles. The van der Waals surface area contributed by atoms with Crippen molar-refractivity contribution in [2.45, 2.75) is 83.1 Å². The minimum Gasteiger partial charge on any atom is -0.459 e. The fraction of sp³-hybridized carbons (Fsp3) is 0.679. The number of alkyl carbamates (subject to hydrolysis) is 1. The number of aliphatic hydroxyl groups excluding tert-OH is 1. The monoisotopic (exact) mass is 562 g/mol. The van der Waals surface area contributed by atoms with Gasteiger partial charge in [-0.05, 0) is 37.5 Å². The normalized spacial score (nSPS) is 28.2. The topological polar surface area (TPSA) is 166 Å². The molecule has 0 radical (unpaired) electrons. The van der Waals surface area contributed by atoms with E-state index in [9.17, 15) is 24.0 Å². The van der Waals surface area contributed by atoms with Crippen LogP contribution in [-0.2, 0) is 23.8 Å². The van der Waals surface area contributed by atoms with Gasteiger partial charge in [-0.25, -0.2) is 9.59 Å². The predicted octanol–water partition coefficient (Wildman–Crippen LogP) is 2.05. The molecule has 1 aromatic heterocycles. The van der Waals surface area contributed by atoms with E-state index in [1.54, 1.807) is 6.08 Å². The summed E-state index contributed by atoms with van der Waals surface area (Å²) in [6.45, 7) is 1.71. The summed E-state index contributed by atoms with van der Waals surface area (Å²) in [6.07, 6.45) is 8.86. The number of ether oxygens (including phenoxy) is 3. The molecule has 220 valence electrons. The number of Topliss-reactive ketones (excluding diaryl/α,β-unsaturated/α-hetero) is 1. The highest BCUT2D eigenvalue weighted by Crippen LogP contribution is 2.53. The fourth-order valence-corrected chi connectivity index (χ4v) is 5.78. The Bertz CT molecular complexity index is 1210. The van der Waals surface area contributed by atoms with Crippen LogP contribution >= 0.6 is 0 Å². The van der Waals surface area contributed by atoms with Crippen molar-refractivity contribution in [2.24, 2.45) is 17.8 Å². The molecule has 3 N–H and O–H groups in total. The third-order valence-electron chi connectivity index (χ3n) is 8.02. The lowest BCUT2D eigenvalue weighted by molar-refractivity contribution is -0.153. The second-order valence-electron chi connectivity index (χ2n) is 10.9. The molecule has 1 saturated heterocycles. The Morgan fingerprint density at radius 3 is 2.65 bits per heavy atom. The first-order valence-corrected chi connectivity index (χ1v) is 14.1. The highest BCUT2D eigenvalue weighted by molar-refractivity contribution is 5.81. The number of ketones is 1. The average molecular weight is 563 g/mol. The third kappa shape index (κ3) is 7.91. The SMILES string of the molecule is [2H]OC[C@H]1O[C@@H](n2cc(/C=C/CNC(=O)OC[C@@H]3[C@@H]4CCCCCC[C@@H]43)c(=O)[nH]c2=O)CC1OC(=O)CCC(C)=O. The van der Waals surface area contributed by atoms with Gasteiger partial charge in [0.15, 0.2) is 0 Å². The van der Waals surface area contributed by atoms with Gasteiger partial charge in [-0.2, -0.15) is 0 Å². The molecule has 0 spiro atoms. The molecule has 40 heavy (non-hydrogen) atoms. The van der Waals surface area contributed by atoms with Gasteiger partial charge < -0.3 is 29.4 Å². The zero-order valence-corrected chi connectivity index (χ0v) is 22.8. The Morgan fingerprint density at radius 2 is 1.95 bits per heavy atom. The van der Waals surface area contributed by atoms with Crippen LogP contribution in [-0.4, -0.2) is 65.9 Å². The van der Waals surface area contributed by atoms with Crippen molar-refractivity contribution < 1.29 is 33.7 Å². The van der Waals surface area contributed by atoms with Crippen molar-refractivity contribution in [3.05, 3.63) is 38.7 Å². The number of nitrogens with zero attached hydrogens (tertiary/aromatic N) is 1. The summed E-state index contributed by atoms with van der Waals surface area (Å²) in [4.78, 5) is 62.6. The van der Waals surface area contributed by atoms with E-state index in [4.69, 9.17) is 15.6 Å². The molecule has 6 atom stereocenters. The number of carbonyl (C=O) groups is 3. The van der Waals surface area contributed by atoms with Crippen LogP contribution in [0.4, 0.5) is 4.79 Å². The van der Waals surface area contributed by atoms with Gasteiger partial charge >= 0.3 is 17.8 Å². The summed E-state index contributed by atoms with van der Waals surface area (Å²) < 4.78 is 24.9. The molecule has 3 aliphatic rings. The Balaban J connectivity index is 1.29. The number of rotatable bonds is 12. The smallest absolute Gasteiger partial charge is 0.407 e. The molecule has 1 aromatic rings. The van der Waals surface area contributed by atoms with Gasteiger partial charge in [0.25, 0.3) is 5.56 Å². The minimum atomic E-state index is -0.898. The lowest BCUT2D eigenvalue weighted by Gasteiger charge is -2.16. The standard InChI is InChI=1S/C28H39N3O9/c1-17(33)10-11-25(34)40-22-13-24(39-23(22)15-32)31-14-18(26(35)30-27(31)36)7-6-12-29-28(37)38-16-21-19-8-4-2-3-5-9-20(19)21/h6-7,14,19-24,32H,2-5,8-13,15-16H2,1H3,(H,29,37)(H,30,35,36)/b7-6+/t19-,20+,21-,22?,23-,24-/m1/s1/i32D. The Morgan fingerprint density at radius 1 is 1.20 bits per heavy atom. The van der Waals surface area contributed by atoms with Crippen molar-refractivity contribution in [1.29, 1.82) is 1.43 Å². The average Bonchev–Trinajstić information content (AvgIpc) is 3.40. The summed E-state index contributed by atoms with van der Waals surface area (Å²) in [5.41, 5.74) is -1.20. The first-order chi connectivity index (χ1) is 19.8. The van der Waals surface area contributed by atoms with Crippen molar-refractivity contribution in [3.63, 3.8) is 0 Å². The van der Waals surface area contributed by atoms with Gasteiger partial charge in [-0.1, -0.05) is 37.8 Å². The Labute approximate surface area is 233 Å². The van der Waals surface area contributed by atoms with Gasteiger partial charge in [-0.15, -0.1) is 0 Å². The number of aromatic nitrogens is 2. The molecule has 0 bridgehead atoms. The summed E-state index contributed by atoms with van der Waals surface area (Å²) in [5, 5.41) is 7.07. The quantitative estimate of drug-likeness (QED) is 0.323. The van der Waals surface area contributed by atoms with Crippen LogP contribution in [0.15, 0.2) is 21.9 Å². The lowest BCUT2D eigenvalue weighted by Crippen LogP contribution is -2.33. The molecule has 1 unspecified atom stereocenters. The first kappa shape index (κ1) is 28.3. The number of nitrogens with one attached hydrogen (secondary N) is 2. The van der Waals surface area contributed by atoms with Crippen LogP contribution < -0.4 is 16.6 Å². The molecule has 1 amide bonds. The van der Waals surface area contributed by atoms with Gasteiger partial charge in [0, 0.05) is 25.6 Å². The van der Waals surface area contributed by atoms with Crippen molar-refractivity contribution in [2.75, 3.05) is 19.8 Å². The molecular weight excluding hydrogens is 522 g/mol. The van der Waals surface area contributed by atoms with E-state index in [-0.39, 0.29) is 43.8 Å². The number of hydrogen-bond acceptors (Lipinski definition) is 9. The number of esters is 1. The first-order valence-electron chi connectivity index (χ1n) is 14.5. The second kappa shape index (κ2) is 13.9. The molecule has 1 aliphatic heterocycles. The maximum absolute atomic E-state index is 12.5. The van der Waals surface area contributed by atoms with Crippen molar-refractivity contribution in [3.8, 4) is 0 Å². The van der Waals surface area contributed by atoms with Crippen molar-refractivity contribution in [1.82, 2.24) is 14.9 Å². The molecule has 12 heteroatoms. The van der Waals surface area contributed by atoms with E-state index >= 15 is 0 Å². The Kier molecular flexibility index (Phi) is 9.82. The van der Waals surface area contributed by atoms with E-state index < -0.39 is 41.7 Å². The zero-order valence-electron chi connectivity index (χ0n) is 23.8. The summed E-state index contributed by atoms with van der Waals surface area (Å²) >= 11 is 0. The number of amides is 1. The van der Waals surface area contributed by atoms with Crippen LogP contribution in [0.2, 0.25) is 0 Å². The summed E-state index contributed by atoms with van der Waals surface area (Å²) in [5.74, 6) is 1.07. The fourth-order valence-electron chi connectivity index (χ4n) is 5.78. The minimum absolute atomic E-state index is 0.0402. The van der Waals surface area contributed by atoms with Crippen LogP contribution in [0.5, 0.6) is 0 Å². The molecule has 2 aliphatic carbocycles. The maximum Gasteiger partial charge on any atom is 0.407 e. The van der Waals surface area contributed by atoms with Crippen LogP contribution in [0.3, 0.4) is 0 Å². The number of fused-ring (bicyclic) bond motifs is 1. The Hall–Kier alpha value is -3.25. The van der Waals surface area contributed by atoms with E-state index in [0.717, 1.165) is 0 Å². The van der Waals surface area contributed by atoms with Gasteiger partial charge in [0.05, 0.1) is 25.2 Å². The van der Waals surface area contributed by atoms with E-state index in [2.05, 4.69) is 15.4 Å². The number of aromatic amines is 1. The molecule has 4 rings (SSSR count). The second-order valence-corrected chi connectivity index (χ2v) is 10.9. The van der Waals surface area contributed by atoms with Gasteiger partial charge in [0.2, 0.25) is 1.43 Å². The summed E-state index contributed by atoms with van der Waals surface area (Å²) in [6, 6.07) is 0. The largest absolute Gasteiger partial charge is 0.459 e. The van der Waals surface area contributed by atoms with Crippen LogP contribution in [0, 0.1) is 17.8 Å². The van der Waals surface area contributed by atoms with Gasteiger partial charge in [0.1, 0.15) is 24.2 Å².